The van der Waals surface area contributed by atoms with Gasteiger partial charge >= 0.3 is 6.03 Å². The van der Waals surface area contributed by atoms with Crippen LogP contribution in [0.5, 0.6) is 11.5 Å². The van der Waals surface area contributed by atoms with E-state index in [1.807, 2.05) is 31.3 Å². The van der Waals surface area contributed by atoms with E-state index in [-0.39, 0.29) is 6.03 Å². The lowest BCUT2D eigenvalue weighted by molar-refractivity contribution is 0.171. The number of amides is 2. The zero-order valence-electron chi connectivity index (χ0n) is 12.3. The van der Waals surface area contributed by atoms with Crippen molar-refractivity contribution in [3.8, 4) is 11.5 Å². The summed E-state index contributed by atoms with van der Waals surface area (Å²) in [6.45, 7) is 1.98. The number of nitrogens with one attached hydrogen (secondary N) is 2. The molecule has 1 aliphatic heterocycles. The van der Waals surface area contributed by atoms with Crippen LogP contribution in [0.25, 0.3) is 0 Å². The van der Waals surface area contributed by atoms with Crippen molar-refractivity contribution >= 4 is 6.03 Å². The molecule has 2 heterocycles. The second-order valence-corrected chi connectivity index (χ2v) is 4.96. The Hall–Kier alpha value is -2.70. The molecule has 1 aliphatic rings. The van der Waals surface area contributed by atoms with Crippen LogP contribution in [-0.2, 0) is 20.1 Å². The molecule has 7 heteroatoms. The van der Waals surface area contributed by atoms with Gasteiger partial charge in [0.1, 0.15) is 13.2 Å². The summed E-state index contributed by atoms with van der Waals surface area (Å²) in [6.07, 6.45) is 1.70. The molecule has 0 saturated heterocycles. The Balaban J connectivity index is 1.49. The molecule has 0 radical (unpaired) electrons. The van der Waals surface area contributed by atoms with Gasteiger partial charge < -0.3 is 20.1 Å². The molecule has 0 unspecified atom stereocenters. The van der Waals surface area contributed by atoms with Crippen LogP contribution >= 0.6 is 0 Å². The molecule has 22 heavy (non-hydrogen) atoms. The van der Waals surface area contributed by atoms with Gasteiger partial charge in [0.15, 0.2) is 11.5 Å². The molecule has 0 atom stereocenters. The summed E-state index contributed by atoms with van der Waals surface area (Å²) < 4.78 is 12.7. The average molecular weight is 302 g/mol. The first-order valence-corrected chi connectivity index (χ1v) is 7.09. The summed E-state index contributed by atoms with van der Waals surface area (Å²) in [5.74, 6) is 1.47. The molecule has 2 aromatic rings. The van der Waals surface area contributed by atoms with Crippen LogP contribution in [-0.4, -0.2) is 29.0 Å². The Morgan fingerprint density at radius 1 is 1.18 bits per heavy atom. The van der Waals surface area contributed by atoms with Crippen LogP contribution in [0.1, 0.15) is 11.3 Å². The van der Waals surface area contributed by atoms with E-state index in [1.165, 1.54) is 0 Å². The molecule has 1 aromatic heterocycles. The lowest BCUT2D eigenvalue weighted by Gasteiger charge is -2.19. The van der Waals surface area contributed by atoms with Crippen molar-refractivity contribution in [2.24, 2.45) is 7.05 Å². The number of aryl methyl sites for hydroxylation is 1. The zero-order valence-corrected chi connectivity index (χ0v) is 12.3. The third-order valence-corrected chi connectivity index (χ3v) is 3.41. The Morgan fingerprint density at radius 3 is 2.73 bits per heavy atom. The lowest BCUT2D eigenvalue weighted by Crippen LogP contribution is -2.35. The maximum absolute atomic E-state index is 11.8. The van der Waals surface area contributed by atoms with E-state index in [0.717, 1.165) is 22.8 Å². The number of fused-ring (bicyclic) bond motifs is 1. The van der Waals surface area contributed by atoms with Gasteiger partial charge in [-0.25, -0.2) is 4.79 Å². The quantitative estimate of drug-likeness (QED) is 0.889. The summed E-state index contributed by atoms with van der Waals surface area (Å²) in [5.41, 5.74) is 1.90. The number of aromatic nitrogens is 2. The molecule has 0 spiro atoms. The highest BCUT2D eigenvalue weighted by Crippen LogP contribution is 2.30. The number of carbonyl (C=O) groups excluding carboxylic acids is 1. The van der Waals surface area contributed by atoms with E-state index in [0.29, 0.717) is 26.3 Å². The van der Waals surface area contributed by atoms with Gasteiger partial charge in [0.05, 0.1) is 12.2 Å². The minimum atomic E-state index is -0.226. The van der Waals surface area contributed by atoms with E-state index in [2.05, 4.69) is 15.7 Å². The van der Waals surface area contributed by atoms with Crippen molar-refractivity contribution in [2.45, 2.75) is 13.1 Å². The zero-order chi connectivity index (χ0) is 15.4. The third kappa shape index (κ3) is 3.30. The largest absolute Gasteiger partial charge is 0.486 e. The van der Waals surface area contributed by atoms with Crippen LogP contribution in [0.4, 0.5) is 4.79 Å². The number of hydrogen-bond donors (Lipinski definition) is 2. The fourth-order valence-electron chi connectivity index (χ4n) is 2.19. The Labute approximate surface area is 128 Å². The summed E-state index contributed by atoms with van der Waals surface area (Å²) in [4.78, 5) is 11.8. The van der Waals surface area contributed by atoms with Crippen molar-refractivity contribution in [2.75, 3.05) is 13.2 Å². The molecular formula is C15H18N4O3. The van der Waals surface area contributed by atoms with E-state index in [4.69, 9.17) is 9.47 Å². The van der Waals surface area contributed by atoms with Crippen LogP contribution in [0.3, 0.4) is 0 Å². The number of benzene rings is 1. The number of nitrogens with zero attached hydrogens (tertiary/aromatic N) is 2. The topological polar surface area (TPSA) is 77.4 Å². The average Bonchev–Trinajstić information content (AvgIpc) is 2.96. The second-order valence-electron chi connectivity index (χ2n) is 4.96. The summed E-state index contributed by atoms with van der Waals surface area (Å²) >= 11 is 0. The van der Waals surface area contributed by atoms with Crippen LogP contribution < -0.4 is 20.1 Å². The highest BCUT2D eigenvalue weighted by molar-refractivity contribution is 5.73. The van der Waals surface area contributed by atoms with Gasteiger partial charge in [-0.1, -0.05) is 6.07 Å². The Morgan fingerprint density at radius 2 is 1.95 bits per heavy atom. The minimum Gasteiger partial charge on any atom is -0.486 e. The highest BCUT2D eigenvalue weighted by Gasteiger charge is 2.12. The molecule has 0 saturated carbocycles. The molecule has 0 aliphatic carbocycles. The SMILES string of the molecule is Cn1nccc1CNC(=O)NCc1ccc2c(c1)OCCO2. The minimum absolute atomic E-state index is 0.226. The predicted molar refractivity (Wildman–Crippen MR) is 79.7 cm³/mol. The third-order valence-electron chi connectivity index (χ3n) is 3.41. The molecule has 1 aromatic carbocycles. The summed E-state index contributed by atoms with van der Waals surface area (Å²) in [6, 6.07) is 7.29. The second kappa shape index (κ2) is 6.38. The summed E-state index contributed by atoms with van der Waals surface area (Å²) in [5, 5.41) is 9.65. The van der Waals surface area contributed by atoms with Gasteiger partial charge in [-0.2, -0.15) is 5.10 Å². The van der Waals surface area contributed by atoms with Crippen molar-refractivity contribution in [3.63, 3.8) is 0 Å². The van der Waals surface area contributed by atoms with Crippen molar-refractivity contribution in [1.29, 1.82) is 0 Å². The lowest BCUT2D eigenvalue weighted by atomic mass is 10.2. The normalized spacial score (nSPS) is 12.8. The summed E-state index contributed by atoms with van der Waals surface area (Å²) in [7, 11) is 1.84. The van der Waals surface area contributed by atoms with Gasteiger partial charge in [0.25, 0.3) is 0 Å². The van der Waals surface area contributed by atoms with Gasteiger partial charge in [-0.3, -0.25) is 4.68 Å². The molecule has 7 nitrogen and oxygen atoms in total. The smallest absolute Gasteiger partial charge is 0.315 e. The van der Waals surface area contributed by atoms with Crippen LogP contribution in [0.15, 0.2) is 30.5 Å². The standard InChI is InChI=1S/C15H18N4O3/c1-19-12(4-5-18-19)10-17-15(20)16-9-11-2-3-13-14(8-11)22-7-6-21-13/h2-5,8H,6-7,9-10H2,1H3,(H2,16,17,20). The van der Waals surface area contributed by atoms with Gasteiger partial charge in [0, 0.05) is 19.8 Å². The number of hydrogen-bond acceptors (Lipinski definition) is 4. The Kier molecular flexibility index (Phi) is 4.13. The van der Waals surface area contributed by atoms with E-state index in [9.17, 15) is 4.79 Å². The highest BCUT2D eigenvalue weighted by atomic mass is 16.6. The van der Waals surface area contributed by atoms with E-state index < -0.39 is 0 Å². The van der Waals surface area contributed by atoms with Gasteiger partial charge in [-0.05, 0) is 23.8 Å². The fraction of sp³-hybridized carbons (Fsp3) is 0.333. The van der Waals surface area contributed by atoms with Gasteiger partial charge in [0.2, 0.25) is 0 Å². The van der Waals surface area contributed by atoms with Gasteiger partial charge in [-0.15, -0.1) is 0 Å². The van der Waals surface area contributed by atoms with E-state index >= 15 is 0 Å². The fourth-order valence-corrected chi connectivity index (χ4v) is 2.19. The van der Waals surface area contributed by atoms with Crippen molar-refractivity contribution < 1.29 is 14.3 Å². The van der Waals surface area contributed by atoms with Crippen LogP contribution in [0.2, 0.25) is 0 Å². The maximum atomic E-state index is 11.8. The van der Waals surface area contributed by atoms with Crippen molar-refractivity contribution in [1.82, 2.24) is 20.4 Å². The first kappa shape index (κ1) is 14.2. The van der Waals surface area contributed by atoms with Crippen molar-refractivity contribution in [3.05, 3.63) is 41.7 Å². The van der Waals surface area contributed by atoms with Crippen LogP contribution in [0, 0.1) is 0 Å². The maximum Gasteiger partial charge on any atom is 0.315 e. The molecule has 3 rings (SSSR count). The number of rotatable bonds is 4. The molecule has 2 N–H and O–H groups in total. The number of carbonyl (C=O) groups is 1. The molecule has 2 amide bonds. The molecular weight excluding hydrogens is 284 g/mol. The Bertz CT molecular complexity index is 669. The monoisotopic (exact) mass is 302 g/mol. The predicted octanol–water partition coefficient (Wildman–Crippen LogP) is 1.19. The first-order chi connectivity index (χ1) is 10.7. The molecule has 116 valence electrons. The number of ether oxygens (including phenoxy) is 2. The number of urea groups is 1. The first-order valence-electron chi connectivity index (χ1n) is 7.09. The molecule has 0 bridgehead atoms. The molecule has 0 fully saturated rings. The van der Waals surface area contributed by atoms with E-state index in [1.54, 1.807) is 10.9 Å².